The number of unbranched alkanes of at least 4 members (excludes halogenated alkanes) is 22. The lowest BCUT2D eigenvalue weighted by atomic mass is 10.0. The molecule has 0 bridgehead atoms. The largest absolute Gasteiger partial charge is 0.394 e. The molecule has 0 fully saturated rings. The van der Waals surface area contributed by atoms with Crippen molar-refractivity contribution in [2.75, 3.05) is 6.61 Å². The van der Waals surface area contributed by atoms with E-state index in [0.717, 1.165) is 32.1 Å². The molecule has 3 atom stereocenters. The van der Waals surface area contributed by atoms with Gasteiger partial charge in [0, 0.05) is 0 Å². The summed E-state index contributed by atoms with van der Waals surface area (Å²) in [4.78, 5) is 12.4. The second kappa shape index (κ2) is 33.0. The van der Waals surface area contributed by atoms with Gasteiger partial charge >= 0.3 is 0 Å². The van der Waals surface area contributed by atoms with Crippen molar-refractivity contribution in [2.45, 2.75) is 212 Å². The lowest BCUT2D eigenvalue weighted by Crippen LogP contribution is -2.46. The molecule has 0 radical (unpaired) electrons. The van der Waals surface area contributed by atoms with Gasteiger partial charge in [-0.05, 0) is 38.5 Å². The minimum absolute atomic E-state index is 0.0329. The number of allylic oxidation sites excluding steroid dienone is 2. The first-order chi connectivity index (χ1) is 20.5. The Morgan fingerprint density at radius 2 is 0.952 bits per heavy atom. The van der Waals surface area contributed by atoms with E-state index in [2.05, 4.69) is 31.3 Å². The first-order valence-electron chi connectivity index (χ1n) is 18.5. The average Bonchev–Trinajstić information content (AvgIpc) is 2.98. The topological polar surface area (TPSA) is 89.8 Å². The Morgan fingerprint density at radius 3 is 1.40 bits per heavy atom. The van der Waals surface area contributed by atoms with E-state index in [-0.39, 0.29) is 18.9 Å². The van der Waals surface area contributed by atoms with Crippen molar-refractivity contribution >= 4 is 5.91 Å². The Morgan fingerprint density at radius 1 is 0.571 bits per heavy atom. The van der Waals surface area contributed by atoms with Crippen molar-refractivity contribution in [1.29, 1.82) is 0 Å². The number of hydrogen-bond acceptors (Lipinski definition) is 4. The van der Waals surface area contributed by atoms with Gasteiger partial charge in [-0.2, -0.15) is 0 Å². The van der Waals surface area contributed by atoms with Crippen LogP contribution < -0.4 is 5.32 Å². The maximum absolute atomic E-state index is 12.4. The van der Waals surface area contributed by atoms with Crippen LogP contribution in [0.1, 0.15) is 194 Å². The Labute approximate surface area is 261 Å². The van der Waals surface area contributed by atoms with Crippen LogP contribution in [0.4, 0.5) is 0 Å². The van der Waals surface area contributed by atoms with Gasteiger partial charge in [0.05, 0.1) is 31.3 Å². The fourth-order valence-electron chi connectivity index (χ4n) is 5.69. The van der Waals surface area contributed by atoms with Gasteiger partial charge in [-0.25, -0.2) is 0 Å². The molecule has 0 rings (SSSR count). The molecule has 0 spiro atoms. The van der Waals surface area contributed by atoms with E-state index in [0.29, 0.717) is 12.8 Å². The maximum Gasteiger partial charge on any atom is 0.222 e. The summed E-state index contributed by atoms with van der Waals surface area (Å²) in [6, 6.07) is -0.655. The van der Waals surface area contributed by atoms with Crippen molar-refractivity contribution in [3.63, 3.8) is 0 Å². The molecule has 0 aromatic heterocycles. The Balaban J connectivity index is 3.69. The quantitative estimate of drug-likeness (QED) is 0.0449. The first kappa shape index (κ1) is 41.1. The number of aliphatic hydroxyl groups is 3. The zero-order valence-electron chi connectivity index (χ0n) is 28.1. The normalized spacial score (nSPS) is 13.9. The highest BCUT2D eigenvalue weighted by Crippen LogP contribution is 2.15. The molecule has 3 unspecified atom stereocenters. The summed E-state index contributed by atoms with van der Waals surface area (Å²) in [5.74, 6) is -0.289. The molecular formula is C37H73NO4. The van der Waals surface area contributed by atoms with Crippen molar-refractivity contribution in [3.8, 4) is 0 Å². The molecular weight excluding hydrogens is 522 g/mol. The van der Waals surface area contributed by atoms with Gasteiger partial charge in [-0.15, -0.1) is 0 Å². The smallest absolute Gasteiger partial charge is 0.222 e. The molecule has 250 valence electrons. The summed E-state index contributed by atoms with van der Waals surface area (Å²) >= 11 is 0. The number of hydrogen-bond donors (Lipinski definition) is 4. The monoisotopic (exact) mass is 596 g/mol. The van der Waals surface area contributed by atoms with Gasteiger partial charge in [0.1, 0.15) is 0 Å². The lowest BCUT2D eigenvalue weighted by Gasteiger charge is -2.23. The second-order valence-corrected chi connectivity index (χ2v) is 12.8. The van der Waals surface area contributed by atoms with Crippen LogP contribution in [0.25, 0.3) is 0 Å². The fraction of sp³-hybridized carbons (Fsp3) is 0.919. The van der Waals surface area contributed by atoms with Crippen LogP contribution in [0, 0.1) is 0 Å². The zero-order valence-corrected chi connectivity index (χ0v) is 28.1. The molecule has 1 amide bonds. The van der Waals surface area contributed by atoms with Crippen LogP contribution in [-0.2, 0) is 4.79 Å². The molecule has 0 heterocycles. The molecule has 0 saturated heterocycles. The van der Waals surface area contributed by atoms with Crippen molar-refractivity contribution in [1.82, 2.24) is 5.32 Å². The summed E-state index contributed by atoms with van der Waals surface area (Å²) in [5, 5.41) is 33.2. The third kappa shape index (κ3) is 29.2. The van der Waals surface area contributed by atoms with Crippen LogP contribution in [0.2, 0.25) is 0 Å². The molecule has 0 aromatic carbocycles. The Hall–Kier alpha value is -0.910. The van der Waals surface area contributed by atoms with Crippen molar-refractivity contribution in [2.24, 2.45) is 0 Å². The minimum atomic E-state index is -0.746. The molecule has 0 aliphatic rings. The third-order valence-corrected chi connectivity index (χ3v) is 8.58. The number of carbonyl (C=O) groups is 1. The van der Waals surface area contributed by atoms with Crippen LogP contribution in [0.3, 0.4) is 0 Å². The molecule has 5 nitrogen and oxygen atoms in total. The highest BCUT2D eigenvalue weighted by atomic mass is 16.3. The SMILES string of the molecule is CCCCCC/C=C\CCCCCCCC(O)CC(=O)NC(CO)C(O)CCCCCCCCCCCCCCCC. The second-order valence-electron chi connectivity index (χ2n) is 12.8. The summed E-state index contributed by atoms with van der Waals surface area (Å²) in [5.41, 5.74) is 0. The molecule has 5 heteroatoms. The van der Waals surface area contributed by atoms with Gasteiger partial charge in [0.25, 0.3) is 0 Å². The molecule has 4 N–H and O–H groups in total. The third-order valence-electron chi connectivity index (χ3n) is 8.58. The van der Waals surface area contributed by atoms with Crippen molar-refractivity contribution in [3.05, 3.63) is 12.2 Å². The average molecular weight is 596 g/mol. The molecule has 0 aromatic rings. The predicted octanol–water partition coefficient (Wildman–Crippen LogP) is 9.70. The number of aliphatic hydroxyl groups excluding tert-OH is 3. The van der Waals surface area contributed by atoms with E-state index in [9.17, 15) is 20.1 Å². The van der Waals surface area contributed by atoms with Gasteiger partial charge < -0.3 is 20.6 Å². The minimum Gasteiger partial charge on any atom is -0.394 e. The fourth-order valence-corrected chi connectivity index (χ4v) is 5.69. The Bertz CT molecular complexity index is 582. The summed E-state index contributed by atoms with van der Waals surface area (Å²) < 4.78 is 0. The zero-order chi connectivity index (χ0) is 30.9. The van der Waals surface area contributed by atoms with Gasteiger partial charge in [0.15, 0.2) is 0 Å². The van der Waals surface area contributed by atoms with Crippen LogP contribution >= 0.6 is 0 Å². The standard InChI is InChI=1S/C37H73NO4/c1-3-5-7-9-11-13-15-17-19-21-23-25-27-29-31-36(41)35(33-39)38-37(42)32-34(40)30-28-26-24-22-20-18-16-14-12-10-8-6-4-2/h14,16,34-36,39-41H,3-13,15,17-33H2,1-2H3,(H,38,42)/b16-14-. The van der Waals surface area contributed by atoms with E-state index in [1.54, 1.807) is 0 Å². The number of carbonyl (C=O) groups excluding carboxylic acids is 1. The summed E-state index contributed by atoms with van der Waals surface area (Å²) in [6.45, 7) is 4.23. The maximum atomic E-state index is 12.4. The highest BCUT2D eigenvalue weighted by Gasteiger charge is 2.21. The van der Waals surface area contributed by atoms with Crippen LogP contribution in [0.15, 0.2) is 12.2 Å². The number of rotatable bonds is 33. The van der Waals surface area contributed by atoms with E-state index >= 15 is 0 Å². The summed E-state index contributed by atoms with van der Waals surface area (Å²) in [7, 11) is 0. The van der Waals surface area contributed by atoms with E-state index in [1.807, 2.05) is 0 Å². The van der Waals surface area contributed by atoms with Crippen molar-refractivity contribution < 1.29 is 20.1 Å². The van der Waals surface area contributed by atoms with Gasteiger partial charge in [-0.3, -0.25) is 4.79 Å². The van der Waals surface area contributed by atoms with E-state index in [4.69, 9.17) is 0 Å². The van der Waals surface area contributed by atoms with E-state index in [1.165, 1.54) is 128 Å². The highest BCUT2D eigenvalue weighted by molar-refractivity contribution is 5.76. The molecule has 42 heavy (non-hydrogen) atoms. The van der Waals surface area contributed by atoms with Crippen LogP contribution in [0.5, 0.6) is 0 Å². The predicted molar refractivity (Wildman–Crippen MR) is 181 cm³/mol. The number of amides is 1. The lowest BCUT2D eigenvalue weighted by molar-refractivity contribution is -0.125. The molecule has 0 aliphatic carbocycles. The Kier molecular flexibility index (Phi) is 32.3. The van der Waals surface area contributed by atoms with E-state index < -0.39 is 18.2 Å². The van der Waals surface area contributed by atoms with Crippen LogP contribution in [-0.4, -0.2) is 46.1 Å². The van der Waals surface area contributed by atoms with Gasteiger partial charge in [0.2, 0.25) is 5.91 Å². The molecule has 0 aliphatic heterocycles. The van der Waals surface area contributed by atoms with Gasteiger partial charge in [-0.1, -0.05) is 161 Å². The summed E-state index contributed by atoms with van der Waals surface area (Å²) in [6.07, 6.45) is 35.8. The first-order valence-corrected chi connectivity index (χ1v) is 18.5. The number of nitrogens with one attached hydrogen (secondary N) is 1. The molecule has 0 saturated carbocycles.